The highest BCUT2D eigenvalue weighted by Gasteiger charge is 2.24. The lowest BCUT2D eigenvalue weighted by molar-refractivity contribution is -0.384. The van der Waals surface area contributed by atoms with Crippen molar-refractivity contribution in [1.29, 1.82) is 0 Å². The number of hydrogen-bond acceptors (Lipinski definition) is 9. The molecule has 1 amide bonds. The molecule has 2 fully saturated rings. The Hall–Kier alpha value is -3.70. The van der Waals surface area contributed by atoms with E-state index >= 15 is 0 Å². The summed E-state index contributed by atoms with van der Waals surface area (Å²) < 4.78 is 15.7. The first-order valence-electron chi connectivity index (χ1n) is 11.0. The number of anilines is 3. The van der Waals surface area contributed by atoms with E-state index in [1.54, 1.807) is 18.2 Å². The van der Waals surface area contributed by atoms with Crippen molar-refractivity contribution in [2.75, 3.05) is 74.8 Å². The largest absolute Gasteiger partial charge is 0.465 e. The van der Waals surface area contributed by atoms with Gasteiger partial charge < -0.3 is 29.3 Å². The fourth-order valence-electron chi connectivity index (χ4n) is 4.03. The van der Waals surface area contributed by atoms with E-state index in [1.165, 1.54) is 19.2 Å². The van der Waals surface area contributed by atoms with E-state index in [2.05, 4.69) is 10.2 Å². The number of non-ortho nitro benzene ring substituents is 1. The number of nitro benzene ring substituents is 1. The van der Waals surface area contributed by atoms with Crippen LogP contribution in [0.2, 0.25) is 0 Å². The van der Waals surface area contributed by atoms with Crippen molar-refractivity contribution in [3.63, 3.8) is 0 Å². The molecular weight excluding hydrogens is 444 g/mol. The third kappa shape index (κ3) is 5.10. The van der Waals surface area contributed by atoms with E-state index in [0.29, 0.717) is 58.3 Å². The third-order valence-corrected chi connectivity index (χ3v) is 5.82. The monoisotopic (exact) mass is 470 g/mol. The van der Waals surface area contributed by atoms with Gasteiger partial charge >= 0.3 is 5.97 Å². The molecule has 0 spiro atoms. The summed E-state index contributed by atoms with van der Waals surface area (Å²) in [5.41, 5.74) is 1.77. The van der Waals surface area contributed by atoms with Crippen LogP contribution in [0.4, 0.5) is 22.7 Å². The van der Waals surface area contributed by atoms with Gasteiger partial charge in [0.15, 0.2) is 0 Å². The summed E-state index contributed by atoms with van der Waals surface area (Å²) in [6.45, 7) is 4.64. The molecule has 1 N–H and O–H groups in total. The number of carbonyl (C=O) groups excluding carboxylic acids is 2. The first-order valence-corrected chi connectivity index (χ1v) is 11.0. The highest BCUT2D eigenvalue weighted by molar-refractivity contribution is 6.11. The van der Waals surface area contributed by atoms with Crippen LogP contribution >= 0.6 is 0 Å². The quantitative estimate of drug-likeness (QED) is 0.385. The smallest absolute Gasteiger partial charge is 0.340 e. The van der Waals surface area contributed by atoms with Crippen molar-refractivity contribution in [2.24, 2.45) is 0 Å². The van der Waals surface area contributed by atoms with Gasteiger partial charge in [0.2, 0.25) is 0 Å². The summed E-state index contributed by atoms with van der Waals surface area (Å²) in [5.74, 6) is -1.16. The predicted octanol–water partition coefficient (Wildman–Crippen LogP) is 2.31. The molecule has 2 aliphatic rings. The molecule has 0 radical (unpaired) electrons. The Morgan fingerprint density at radius 2 is 1.59 bits per heavy atom. The third-order valence-electron chi connectivity index (χ3n) is 5.82. The van der Waals surface area contributed by atoms with Crippen LogP contribution in [0.15, 0.2) is 36.4 Å². The zero-order valence-electron chi connectivity index (χ0n) is 18.8. The lowest BCUT2D eigenvalue weighted by atomic mass is 10.1. The Morgan fingerprint density at radius 3 is 2.21 bits per heavy atom. The fourth-order valence-corrected chi connectivity index (χ4v) is 4.03. The highest BCUT2D eigenvalue weighted by atomic mass is 16.6. The Bertz CT molecular complexity index is 1080. The van der Waals surface area contributed by atoms with Crippen LogP contribution in [0, 0.1) is 10.1 Å². The van der Waals surface area contributed by atoms with E-state index in [4.69, 9.17) is 14.2 Å². The first kappa shape index (κ1) is 23.5. The van der Waals surface area contributed by atoms with Crippen LogP contribution in [-0.4, -0.2) is 76.5 Å². The normalized spacial score (nSPS) is 16.1. The number of amides is 1. The van der Waals surface area contributed by atoms with E-state index in [1.807, 2.05) is 11.0 Å². The Labute approximate surface area is 196 Å². The maximum absolute atomic E-state index is 13.3. The summed E-state index contributed by atoms with van der Waals surface area (Å²) in [4.78, 5) is 40.7. The number of ether oxygens (including phenoxy) is 3. The number of nitrogens with one attached hydrogen (secondary N) is 1. The Balaban J connectivity index is 1.66. The van der Waals surface area contributed by atoms with Gasteiger partial charge in [-0.1, -0.05) is 0 Å². The van der Waals surface area contributed by atoms with Gasteiger partial charge in [-0.2, -0.15) is 0 Å². The van der Waals surface area contributed by atoms with Crippen LogP contribution in [0.1, 0.15) is 20.7 Å². The standard InChI is InChI=1S/C23H26N4O7/c1-32-23(29)18-14-16(25-6-10-33-11-7-25)2-4-20(18)24-22(28)19-15-17(27(30)31)3-5-21(19)26-8-12-34-13-9-26/h2-5,14-15H,6-13H2,1H3,(H,24,28). The van der Waals surface area contributed by atoms with E-state index in [0.717, 1.165) is 5.69 Å². The van der Waals surface area contributed by atoms with Gasteiger partial charge in [0.05, 0.1) is 61.0 Å². The maximum Gasteiger partial charge on any atom is 0.340 e. The van der Waals surface area contributed by atoms with Crippen LogP contribution < -0.4 is 15.1 Å². The van der Waals surface area contributed by atoms with Crippen LogP contribution in [0.3, 0.4) is 0 Å². The molecule has 11 heteroatoms. The predicted molar refractivity (Wildman–Crippen MR) is 125 cm³/mol. The second-order valence-electron chi connectivity index (χ2n) is 7.83. The molecular formula is C23H26N4O7. The van der Waals surface area contributed by atoms with Crippen molar-refractivity contribution in [3.05, 3.63) is 57.6 Å². The van der Waals surface area contributed by atoms with Crippen molar-refractivity contribution in [3.8, 4) is 0 Å². The number of nitrogens with zero attached hydrogens (tertiary/aromatic N) is 3. The van der Waals surface area contributed by atoms with Gasteiger partial charge in [-0.15, -0.1) is 0 Å². The fraction of sp³-hybridized carbons (Fsp3) is 0.391. The minimum absolute atomic E-state index is 0.143. The summed E-state index contributed by atoms with van der Waals surface area (Å²) in [6, 6.07) is 9.31. The van der Waals surface area contributed by atoms with Gasteiger partial charge in [0.25, 0.3) is 11.6 Å². The zero-order chi connectivity index (χ0) is 24.1. The zero-order valence-corrected chi connectivity index (χ0v) is 18.8. The highest BCUT2D eigenvalue weighted by Crippen LogP contribution is 2.29. The first-order chi connectivity index (χ1) is 16.5. The van der Waals surface area contributed by atoms with Crippen LogP contribution in [0.5, 0.6) is 0 Å². The lowest BCUT2D eigenvalue weighted by Gasteiger charge is -2.30. The molecule has 180 valence electrons. The number of rotatable bonds is 6. The molecule has 0 unspecified atom stereocenters. The molecule has 2 aromatic carbocycles. The number of esters is 1. The van der Waals surface area contributed by atoms with Gasteiger partial charge in [-0.25, -0.2) is 4.79 Å². The number of benzene rings is 2. The SMILES string of the molecule is COC(=O)c1cc(N2CCOCC2)ccc1NC(=O)c1cc([N+](=O)[O-])ccc1N1CCOCC1. The lowest BCUT2D eigenvalue weighted by Crippen LogP contribution is -2.37. The molecule has 0 saturated carbocycles. The maximum atomic E-state index is 13.3. The molecule has 2 saturated heterocycles. The van der Waals surface area contributed by atoms with Crippen molar-refractivity contribution in [2.45, 2.75) is 0 Å². The number of methoxy groups -OCH3 is 1. The van der Waals surface area contributed by atoms with Crippen LogP contribution in [0.25, 0.3) is 0 Å². The molecule has 0 aliphatic carbocycles. The van der Waals surface area contributed by atoms with E-state index in [9.17, 15) is 19.7 Å². The summed E-state index contributed by atoms with van der Waals surface area (Å²) >= 11 is 0. The minimum Gasteiger partial charge on any atom is -0.465 e. The minimum atomic E-state index is -0.599. The molecule has 2 heterocycles. The molecule has 11 nitrogen and oxygen atoms in total. The van der Waals surface area contributed by atoms with Crippen LogP contribution in [-0.2, 0) is 14.2 Å². The molecule has 0 atom stereocenters. The molecule has 4 rings (SSSR count). The van der Waals surface area contributed by atoms with E-state index in [-0.39, 0.29) is 22.5 Å². The van der Waals surface area contributed by atoms with Gasteiger partial charge in [-0.3, -0.25) is 14.9 Å². The topological polar surface area (TPSA) is 123 Å². The molecule has 2 aliphatic heterocycles. The average molecular weight is 470 g/mol. The number of carbonyl (C=O) groups is 2. The van der Waals surface area contributed by atoms with Crippen molar-refractivity contribution in [1.82, 2.24) is 0 Å². The number of morpholine rings is 2. The van der Waals surface area contributed by atoms with E-state index < -0.39 is 16.8 Å². The molecule has 34 heavy (non-hydrogen) atoms. The Morgan fingerprint density at radius 1 is 0.941 bits per heavy atom. The summed E-state index contributed by atoms with van der Waals surface area (Å²) in [6.07, 6.45) is 0. The number of nitro groups is 1. The molecule has 2 aromatic rings. The van der Waals surface area contributed by atoms with Gasteiger partial charge in [-0.05, 0) is 24.3 Å². The second-order valence-corrected chi connectivity index (χ2v) is 7.83. The van der Waals surface area contributed by atoms with Crippen molar-refractivity contribution < 1.29 is 28.7 Å². The van der Waals surface area contributed by atoms with Crippen molar-refractivity contribution >= 4 is 34.6 Å². The summed E-state index contributed by atoms with van der Waals surface area (Å²) in [5, 5.41) is 14.1. The summed E-state index contributed by atoms with van der Waals surface area (Å²) in [7, 11) is 1.27. The second kappa shape index (κ2) is 10.5. The number of hydrogen-bond donors (Lipinski definition) is 1. The van der Waals surface area contributed by atoms with Gasteiger partial charge in [0.1, 0.15) is 0 Å². The van der Waals surface area contributed by atoms with Gasteiger partial charge in [0, 0.05) is 44.0 Å². The Kier molecular flexibility index (Phi) is 7.24. The average Bonchev–Trinajstić information content (AvgIpc) is 2.89. The molecule has 0 aromatic heterocycles. The molecule has 0 bridgehead atoms.